The molecule has 0 fully saturated rings. The number of pyridine rings is 1. The summed E-state index contributed by atoms with van der Waals surface area (Å²) in [6.07, 6.45) is 1.83. The van der Waals surface area contributed by atoms with Crippen LogP contribution in [0, 0.1) is 5.82 Å². The van der Waals surface area contributed by atoms with Crippen LogP contribution in [0.1, 0.15) is 21.5 Å². The summed E-state index contributed by atoms with van der Waals surface area (Å²) in [4.78, 5) is 15.4. The van der Waals surface area contributed by atoms with Gasteiger partial charge in [-0.05, 0) is 35.7 Å². The van der Waals surface area contributed by atoms with Crippen LogP contribution < -0.4 is 11.1 Å². The van der Waals surface area contributed by atoms with Gasteiger partial charge in [0.15, 0.2) is 0 Å². The minimum absolute atomic E-state index is 0.0171. The van der Waals surface area contributed by atoms with Crippen LogP contribution in [0.5, 0.6) is 0 Å². The number of nitrogens with two attached hydrogens (primary N) is 1. The molecule has 0 radical (unpaired) electrons. The van der Waals surface area contributed by atoms with Crippen molar-refractivity contribution in [3.05, 3.63) is 89.4 Å². The normalized spacial score (nSPS) is 10.4. The molecule has 0 bridgehead atoms. The van der Waals surface area contributed by atoms with Gasteiger partial charge in [0.1, 0.15) is 11.6 Å². The Kier molecular flexibility index (Phi) is 4.52. The molecule has 0 unspecified atom stereocenters. The molecule has 1 heterocycles. The number of benzene rings is 2. The first-order chi connectivity index (χ1) is 11.6. The minimum Gasteiger partial charge on any atom is -0.365 e. The molecule has 4 nitrogen and oxygen atoms in total. The van der Waals surface area contributed by atoms with Gasteiger partial charge in [-0.15, -0.1) is 0 Å². The molecule has 0 aliphatic carbocycles. The van der Waals surface area contributed by atoms with Gasteiger partial charge < -0.3 is 11.1 Å². The summed E-state index contributed by atoms with van der Waals surface area (Å²) in [7, 11) is 0. The van der Waals surface area contributed by atoms with Gasteiger partial charge in [0.25, 0.3) is 5.91 Å². The van der Waals surface area contributed by atoms with Crippen LogP contribution in [0.3, 0.4) is 0 Å². The van der Waals surface area contributed by atoms with Gasteiger partial charge in [-0.3, -0.25) is 4.79 Å². The number of halogens is 1. The van der Waals surface area contributed by atoms with Crippen molar-refractivity contribution in [3.63, 3.8) is 0 Å². The standard InChI is InChI=1S/C19H16FN3O/c20-15-11-17(18(21)24)19(22-12-15)23-16-8-4-7-14(10-16)9-13-5-2-1-3-6-13/h1-8,10-12H,9H2,(H2,21,24)(H,22,23). The first-order valence-corrected chi connectivity index (χ1v) is 7.47. The highest BCUT2D eigenvalue weighted by molar-refractivity contribution is 5.98. The maximum absolute atomic E-state index is 13.3. The van der Waals surface area contributed by atoms with E-state index in [2.05, 4.69) is 22.4 Å². The molecule has 0 saturated carbocycles. The van der Waals surface area contributed by atoms with Crippen molar-refractivity contribution in [1.82, 2.24) is 4.98 Å². The van der Waals surface area contributed by atoms with E-state index in [1.54, 1.807) is 0 Å². The van der Waals surface area contributed by atoms with Gasteiger partial charge in [0.05, 0.1) is 11.8 Å². The molecule has 3 rings (SSSR count). The van der Waals surface area contributed by atoms with Gasteiger partial charge in [-0.1, -0.05) is 42.5 Å². The number of aromatic nitrogens is 1. The van der Waals surface area contributed by atoms with Crippen LogP contribution in [-0.2, 0) is 6.42 Å². The van der Waals surface area contributed by atoms with Gasteiger partial charge in [0, 0.05) is 5.69 Å². The van der Waals surface area contributed by atoms with Gasteiger partial charge in [-0.25, -0.2) is 9.37 Å². The molecule has 2 aromatic carbocycles. The van der Waals surface area contributed by atoms with Crippen LogP contribution in [-0.4, -0.2) is 10.9 Å². The summed E-state index contributed by atoms with van der Waals surface area (Å²) in [5, 5.41) is 3.03. The highest BCUT2D eigenvalue weighted by atomic mass is 19.1. The van der Waals surface area contributed by atoms with Crippen LogP contribution in [0.15, 0.2) is 66.9 Å². The maximum atomic E-state index is 13.3. The SMILES string of the molecule is NC(=O)c1cc(F)cnc1Nc1cccc(Cc2ccccc2)c1. The van der Waals surface area contributed by atoms with E-state index in [0.29, 0.717) is 0 Å². The average Bonchev–Trinajstić information content (AvgIpc) is 2.57. The lowest BCUT2D eigenvalue weighted by Crippen LogP contribution is -2.14. The van der Waals surface area contributed by atoms with Crippen molar-refractivity contribution in [2.24, 2.45) is 5.73 Å². The zero-order valence-corrected chi connectivity index (χ0v) is 12.9. The molecule has 1 amide bonds. The van der Waals surface area contributed by atoms with E-state index >= 15 is 0 Å². The zero-order chi connectivity index (χ0) is 16.9. The molecular formula is C19H16FN3O. The number of hydrogen-bond donors (Lipinski definition) is 2. The summed E-state index contributed by atoms with van der Waals surface area (Å²) in [5.41, 5.74) is 8.36. The Labute approximate surface area is 139 Å². The van der Waals surface area contributed by atoms with Crippen molar-refractivity contribution in [3.8, 4) is 0 Å². The van der Waals surface area contributed by atoms with Gasteiger partial charge in [0.2, 0.25) is 0 Å². The largest absolute Gasteiger partial charge is 0.365 e. The molecular weight excluding hydrogens is 305 g/mol. The Balaban J connectivity index is 1.84. The van der Waals surface area contributed by atoms with Gasteiger partial charge in [-0.2, -0.15) is 0 Å². The first kappa shape index (κ1) is 15.7. The number of anilines is 2. The maximum Gasteiger partial charge on any atom is 0.252 e. The van der Waals surface area contributed by atoms with E-state index in [-0.39, 0.29) is 11.4 Å². The molecule has 3 N–H and O–H groups in total. The van der Waals surface area contributed by atoms with Crippen molar-refractivity contribution < 1.29 is 9.18 Å². The second kappa shape index (κ2) is 6.91. The Bertz CT molecular complexity index is 865. The molecule has 0 aliphatic rings. The van der Waals surface area contributed by atoms with Crippen molar-refractivity contribution >= 4 is 17.4 Å². The molecule has 0 aliphatic heterocycles. The highest BCUT2D eigenvalue weighted by Gasteiger charge is 2.11. The molecule has 0 spiro atoms. The Morgan fingerprint density at radius 2 is 1.79 bits per heavy atom. The number of primary amides is 1. The molecule has 120 valence electrons. The second-order valence-corrected chi connectivity index (χ2v) is 5.40. The minimum atomic E-state index is -0.732. The number of nitrogens with one attached hydrogen (secondary N) is 1. The Morgan fingerprint density at radius 3 is 2.54 bits per heavy atom. The van der Waals surface area contributed by atoms with E-state index in [9.17, 15) is 9.18 Å². The molecule has 5 heteroatoms. The average molecular weight is 321 g/mol. The predicted octanol–water partition coefficient (Wildman–Crippen LogP) is 3.65. The monoisotopic (exact) mass is 321 g/mol. The fourth-order valence-corrected chi connectivity index (χ4v) is 2.45. The van der Waals surface area contributed by atoms with Crippen molar-refractivity contribution in [1.29, 1.82) is 0 Å². The fraction of sp³-hybridized carbons (Fsp3) is 0.0526. The van der Waals surface area contributed by atoms with Crippen molar-refractivity contribution in [2.75, 3.05) is 5.32 Å². The molecule has 3 aromatic rings. The first-order valence-electron chi connectivity index (χ1n) is 7.47. The van der Waals surface area contributed by atoms with Crippen LogP contribution in [0.25, 0.3) is 0 Å². The summed E-state index contributed by atoms with van der Waals surface area (Å²) in [6, 6.07) is 18.9. The number of carbonyl (C=O) groups is 1. The third kappa shape index (κ3) is 3.76. The second-order valence-electron chi connectivity index (χ2n) is 5.40. The number of rotatable bonds is 5. The van der Waals surface area contributed by atoms with E-state index in [4.69, 9.17) is 5.73 Å². The van der Waals surface area contributed by atoms with Crippen LogP contribution in [0.2, 0.25) is 0 Å². The Morgan fingerprint density at radius 1 is 1.04 bits per heavy atom. The van der Waals surface area contributed by atoms with Gasteiger partial charge >= 0.3 is 0 Å². The van der Waals surface area contributed by atoms with E-state index in [0.717, 1.165) is 29.9 Å². The lowest BCUT2D eigenvalue weighted by Gasteiger charge is -2.10. The van der Waals surface area contributed by atoms with E-state index in [1.807, 2.05) is 42.5 Å². The molecule has 0 saturated heterocycles. The summed E-state index contributed by atoms with van der Waals surface area (Å²) >= 11 is 0. The predicted molar refractivity (Wildman–Crippen MR) is 91.7 cm³/mol. The third-order valence-electron chi connectivity index (χ3n) is 3.56. The third-order valence-corrected chi connectivity index (χ3v) is 3.56. The van der Waals surface area contributed by atoms with E-state index < -0.39 is 11.7 Å². The summed E-state index contributed by atoms with van der Waals surface area (Å²) < 4.78 is 13.3. The summed E-state index contributed by atoms with van der Waals surface area (Å²) in [6.45, 7) is 0. The van der Waals surface area contributed by atoms with Crippen LogP contribution in [0.4, 0.5) is 15.9 Å². The van der Waals surface area contributed by atoms with E-state index in [1.165, 1.54) is 5.56 Å². The summed E-state index contributed by atoms with van der Waals surface area (Å²) in [5.74, 6) is -1.10. The lowest BCUT2D eigenvalue weighted by molar-refractivity contribution is 0.100. The number of hydrogen-bond acceptors (Lipinski definition) is 3. The van der Waals surface area contributed by atoms with Crippen LogP contribution >= 0.6 is 0 Å². The highest BCUT2D eigenvalue weighted by Crippen LogP contribution is 2.21. The molecule has 24 heavy (non-hydrogen) atoms. The molecule has 1 aromatic heterocycles. The number of amides is 1. The zero-order valence-electron chi connectivity index (χ0n) is 12.9. The Hall–Kier alpha value is -3.21. The quantitative estimate of drug-likeness (QED) is 0.753. The lowest BCUT2D eigenvalue weighted by atomic mass is 10.0. The number of nitrogens with zero attached hydrogens (tertiary/aromatic N) is 1. The van der Waals surface area contributed by atoms with Crippen molar-refractivity contribution in [2.45, 2.75) is 6.42 Å². The fourth-order valence-electron chi connectivity index (χ4n) is 2.45. The number of carbonyl (C=O) groups excluding carboxylic acids is 1. The molecule has 0 atom stereocenters. The topological polar surface area (TPSA) is 68.0 Å². The smallest absolute Gasteiger partial charge is 0.252 e.